The van der Waals surface area contributed by atoms with Crippen LogP contribution < -0.4 is 0 Å². The summed E-state index contributed by atoms with van der Waals surface area (Å²) in [4.78, 5) is 25.5. The Labute approximate surface area is 119 Å². The molecule has 1 aliphatic heterocycles. The fourth-order valence-corrected chi connectivity index (χ4v) is 3.91. The normalized spacial score (nSPS) is 35.7. The van der Waals surface area contributed by atoms with Crippen LogP contribution in [0, 0.1) is 23.7 Å². The summed E-state index contributed by atoms with van der Waals surface area (Å²) in [6.07, 6.45) is 4.34. The van der Waals surface area contributed by atoms with Gasteiger partial charge in [-0.1, -0.05) is 13.3 Å². The van der Waals surface area contributed by atoms with Crippen LogP contribution in [0.2, 0.25) is 0 Å². The molecule has 2 saturated carbocycles. The monoisotopic (exact) mass is 281 g/mol. The summed E-state index contributed by atoms with van der Waals surface area (Å²) in [5.41, 5.74) is -0.683. The molecule has 2 aliphatic carbocycles. The molecule has 3 aliphatic rings. The van der Waals surface area contributed by atoms with Gasteiger partial charge in [0.2, 0.25) is 5.91 Å². The fourth-order valence-electron chi connectivity index (χ4n) is 3.91. The molecule has 3 rings (SSSR count). The molecule has 5 nitrogen and oxygen atoms in total. The number of β-amino-alcohol motifs (C(OH)–C–C–N with tert-alkyl or cyclic N) is 1. The van der Waals surface area contributed by atoms with Crippen molar-refractivity contribution in [2.45, 2.75) is 44.6 Å². The minimum absolute atomic E-state index is 0.0568. The first-order chi connectivity index (χ1) is 9.44. The second kappa shape index (κ2) is 4.72. The van der Waals surface area contributed by atoms with Crippen LogP contribution in [0.25, 0.3) is 0 Å². The molecular formula is C15H23NO4. The van der Waals surface area contributed by atoms with Gasteiger partial charge >= 0.3 is 5.97 Å². The van der Waals surface area contributed by atoms with Crippen LogP contribution >= 0.6 is 0 Å². The minimum Gasteiger partial charge on any atom is -0.481 e. The highest BCUT2D eigenvalue weighted by molar-refractivity contribution is 5.86. The van der Waals surface area contributed by atoms with Gasteiger partial charge in [0.25, 0.3) is 0 Å². The number of aliphatic hydroxyl groups is 1. The lowest BCUT2D eigenvalue weighted by Crippen LogP contribution is -2.65. The van der Waals surface area contributed by atoms with E-state index >= 15 is 0 Å². The van der Waals surface area contributed by atoms with Gasteiger partial charge in [0.1, 0.15) is 5.60 Å². The maximum atomic E-state index is 12.5. The summed E-state index contributed by atoms with van der Waals surface area (Å²) in [6, 6.07) is 0. The second-order valence-corrected chi connectivity index (χ2v) is 6.87. The molecule has 3 unspecified atom stereocenters. The van der Waals surface area contributed by atoms with Gasteiger partial charge in [0, 0.05) is 0 Å². The zero-order valence-corrected chi connectivity index (χ0v) is 11.9. The van der Waals surface area contributed by atoms with Crippen LogP contribution in [-0.4, -0.2) is 45.7 Å². The zero-order chi connectivity index (χ0) is 14.5. The SMILES string of the molecule is CCC1CC(C(=O)O)C(C(=O)N2CC(O)(C3CC3)C2)C1. The van der Waals surface area contributed by atoms with Gasteiger partial charge in [0.15, 0.2) is 0 Å². The molecule has 5 heteroatoms. The summed E-state index contributed by atoms with van der Waals surface area (Å²) < 4.78 is 0. The van der Waals surface area contributed by atoms with E-state index < -0.39 is 17.5 Å². The first-order valence-corrected chi connectivity index (χ1v) is 7.68. The lowest BCUT2D eigenvalue weighted by Gasteiger charge is -2.48. The number of likely N-dealkylation sites (tertiary alicyclic amines) is 1. The smallest absolute Gasteiger partial charge is 0.307 e. The number of amides is 1. The number of carboxylic acids is 1. The topological polar surface area (TPSA) is 77.8 Å². The van der Waals surface area contributed by atoms with E-state index in [1.54, 1.807) is 4.90 Å². The Morgan fingerprint density at radius 2 is 1.80 bits per heavy atom. The van der Waals surface area contributed by atoms with Crippen LogP contribution in [0.3, 0.4) is 0 Å². The molecule has 3 atom stereocenters. The van der Waals surface area contributed by atoms with Gasteiger partial charge in [-0.15, -0.1) is 0 Å². The Balaban J connectivity index is 1.63. The van der Waals surface area contributed by atoms with Crippen molar-refractivity contribution in [1.82, 2.24) is 4.90 Å². The van der Waals surface area contributed by atoms with Crippen molar-refractivity contribution in [2.75, 3.05) is 13.1 Å². The summed E-state index contributed by atoms with van der Waals surface area (Å²) in [5, 5.41) is 19.6. The number of carbonyl (C=O) groups is 2. The average Bonchev–Trinajstić information content (AvgIpc) is 3.13. The second-order valence-electron chi connectivity index (χ2n) is 6.87. The van der Waals surface area contributed by atoms with Crippen LogP contribution in [-0.2, 0) is 9.59 Å². The van der Waals surface area contributed by atoms with Crippen molar-refractivity contribution in [3.8, 4) is 0 Å². The molecule has 1 amide bonds. The molecule has 0 aromatic rings. The Hall–Kier alpha value is -1.10. The van der Waals surface area contributed by atoms with Gasteiger partial charge < -0.3 is 15.1 Å². The van der Waals surface area contributed by atoms with E-state index in [2.05, 4.69) is 0 Å². The highest BCUT2D eigenvalue weighted by atomic mass is 16.4. The highest BCUT2D eigenvalue weighted by Gasteiger charge is 2.55. The van der Waals surface area contributed by atoms with E-state index in [1.165, 1.54) is 0 Å². The third kappa shape index (κ3) is 2.22. The largest absolute Gasteiger partial charge is 0.481 e. The van der Waals surface area contributed by atoms with Crippen molar-refractivity contribution in [3.63, 3.8) is 0 Å². The van der Waals surface area contributed by atoms with Crippen LogP contribution in [0.1, 0.15) is 39.0 Å². The van der Waals surface area contributed by atoms with Crippen LogP contribution in [0.5, 0.6) is 0 Å². The van der Waals surface area contributed by atoms with Crippen molar-refractivity contribution < 1.29 is 19.8 Å². The minimum atomic E-state index is -0.850. The number of nitrogens with zero attached hydrogens (tertiary/aromatic N) is 1. The molecule has 20 heavy (non-hydrogen) atoms. The number of hydrogen-bond acceptors (Lipinski definition) is 3. The van der Waals surface area contributed by atoms with Crippen LogP contribution in [0.15, 0.2) is 0 Å². The van der Waals surface area contributed by atoms with Gasteiger partial charge in [-0.05, 0) is 37.5 Å². The fraction of sp³-hybridized carbons (Fsp3) is 0.867. The lowest BCUT2D eigenvalue weighted by molar-refractivity contribution is -0.167. The van der Waals surface area contributed by atoms with E-state index in [4.69, 9.17) is 0 Å². The Bertz CT molecular complexity index is 426. The van der Waals surface area contributed by atoms with Crippen molar-refractivity contribution in [1.29, 1.82) is 0 Å². The molecule has 0 radical (unpaired) electrons. The van der Waals surface area contributed by atoms with Crippen molar-refractivity contribution in [3.05, 3.63) is 0 Å². The van der Waals surface area contributed by atoms with Gasteiger partial charge in [-0.3, -0.25) is 9.59 Å². The number of aliphatic carboxylic acids is 1. The molecule has 2 N–H and O–H groups in total. The summed E-state index contributed by atoms with van der Waals surface area (Å²) >= 11 is 0. The van der Waals surface area contributed by atoms with Crippen molar-refractivity contribution >= 4 is 11.9 Å². The van der Waals surface area contributed by atoms with Gasteiger partial charge in [-0.2, -0.15) is 0 Å². The standard InChI is InChI=1S/C15H23NO4/c1-2-9-5-11(12(6-9)14(18)19)13(17)16-7-15(20,8-16)10-3-4-10/h9-12,20H,2-8H2,1H3,(H,18,19). The Morgan fingerprint density at radius 1 is 1.20 bits per heavy atom. The number of carboxylic acid groups (broad SMARTS) is 1. The van der Waals surface area contributed by atoms with Crippen molar-refractivity contribution in [2.24, 2.45) is 23.7 Å². The molecule has 112 valence electrons. The third-order valence-corrected chi connectivity index (χ3v) is 5.45. The number of hydrogen-bond donors (Lipinski definition) is 2. The van der Waals surface area contributed by atoms with E-state index in [0.29, 0.717) is 37.8 Å². The van der Waals surface area contributed by atoms with E-state index in [9.17, 15) is 19.8 Å². The average molecular weight is 281 g/mol. The predicted molar refractivity (Wildman–Crippen MR) is 71.9 cm³/mol. The Morgan fingerprint density at radius 3 is 2.30 bits per heavy atom. The van der Waals surface area contributed by atoms with Crippen LogP contribution in [0.4, 0.5) is 0 Å². The third-order valence-electron chi connectivity index (χ3n) is 5.45. The quantitative estimate of drug-likeness (QED) is 0.809. The number of rotatable bonds is 4. The molecule has 0 spiro atoms. The lowest BCUT2D eigenvalue weighted by atomic mass is 9.85. The van der Waals surface area contributed by atoms with E-state index in [0.717, 1.165) is 19.3 Å². The van der Waals surface area contributed by atoms with Gasteiger partial charge in [0.05, 0.1) is 24.9 Å². The molecule has 1 heterocycles. The summed E-state index contributed by atoms with van der Waals surface area (Å²) in [7, 11) is 0. The summed E-state index contributed by atoms with van der Waals surface area (Å²) in [5.74, 6) is -1.14. The molecule has 0 bridgehead atoms. The van der Waals surface area contributed by atoms with Gasteiger partial charge in [-0.25, -0.2) is 0 Å². The predicted octanol–water partition coefficient (Wildman–Crippen LogP) is 1.11. The maximum Gasteiger partial charge on any atom is 0.307 e. The molecular weight excluding hydrogens is 258 g/mol. The molecule has 0 aromatic carbocycles. The highest BCUT2D eigenvalue weighted by Crippen LogP contribution is 2.46. The Kier molecular flexibility index (Phi) is 3.27. The number of carbonyl (C=O) groups excluding carboxylic acids is 1. The molecule has 1 saturated heterocycles. The molecule has 3 fully saturated rings. The zero-order valence-electron chi connectivity index (χ0n) is 11.9. The van der Waals surface area contributed by atoms with E-state index in [-0.39, 0.29) is 11.8 Å². The molecule has 0 aromatic heterocycles. The van der Waals surface area contributed by atoms with E-state index in [1.807, 2.05) is 6.92 Å². The first kappa shape index (κ1) is 13.9. The maximum absolute atomic E-state index is 12.5. The summed E-state index contributed by atoms with van der Waals surface area (Å²) in [6.45, 7) is 2.85. The first-order valence-electron chi connectivity index (χ1n) is 7.68.